The Morgan fingerprint density at radius 3 is 1.30 bits per heavy atom. The first kappa shape index (κ1) is 33.7. The summed E-state index contributed by atoms with van der Waals surface area (Å²) in [5.41, 5.74) is 11.5. The number of hydrogen-bond donors (Lipinski definition) is 0. The van der Waals surface area contributed by atoms with E-state index in [0.29, 0.717) is 0 Å². The average molecular weight is 825 g/mol. The maximum absolute atomic E-state index is 2.52. The van der Waals surface area contributed by atoms with Crippen molar-refractivity contribution in [2.45, 2.75) is 0 Å². The molecule has 0 amide bonds. The van der Waals surface area contributed by atoms with Gasteiger partial charge in [-0.05, 0) is 0 Å². The normalized spacial score (nSPS) is 12.0. The van der Waals surface area contributed by atoms with E-state index >= 15 is 0 Å². The Labute approximate surface area is 352 Å². The molecule has 0 unspecified atom stereocenters. The molecule has 2 aromatic heterocycles. The molecule has 0 N–H and O–H groups in total. The number of para-hydroxylation sites is 2. The van der Waals surface area contributed by atoms with Gasteiger partial charge in [0.2, 0.25) is 0 Å². The number of fused-ring (bicyclic) bond motifs is 10. The van der Waals surface area contributed by atoms with Gasteiger partial charge in [-0.15, -0.1) is 0 Å². The van der Waals surface area contributed by atoms with Crippen LogP contribution >= 0.6 is 0 Å². The van der Waals surface area contributed by atoms with Crippen molar-refractivity contribution in [2.75, 3.05) is 0 Å². The van der Waals surface area contributed by atoms with Crippen LogP contribution in [-0.2, 0) is 0 Å². The van der Waals surface area contributed by atoms with Crippen LogP contribution in [0.1, 0.15) is 0 Å². The Kier molecular flexibility index (Phi) is 7.39. The van der Waals surface area contributed by atoms with Gasteiger partial charge in [-0.2, -0.15) is 0 Å². The van der Waals surface area contributed by atoms with Crippen LogP contribution in [0, 0.1) is 0 Å². The molecular formula is C58H35NSe. The minimum absolute atomic E-state index is 0.154. The predicted octanol–water partition coefficient (Wildman–Crippen LogP) is 15.8. The SMILES string of the molecule is c1ccc(-c2c3ccccc3c(-c3cccc4[se]c5cc(-c6c7ccccc7c(-n7c8ccccc8c8ccccc87)c7ccccc67)ccc5c34)c3ccccc23)cc1. The van der Waals surface area contributed by atoms with Crippen molar-refractivity contribution in [3.05, 3.63) is 212 Å². The molecular weight excluding hydrogens is 790 g/mol. The summed E-state index contributed by atoms with van der Waals surface area (Å²) in [6.45, 7) is 0. The first-order chi connectivity index (χ1) is 29.8. The van der Waals surface area contributed by atoms with E-state index in [1.54, 1.807) is 0 Å². The number of hydrogen-bond acceptors (Lipinski definition) is 0. The van der Waals surface area contributed by atoms with Gasteiger partial charge in [0.1, 0.15) is 0 Å². The molecule has 11 aromatic carbocycles. The fourth-order valence-corrected chi connectivity index (χ4v) is 12.8. The molecule has 2 heterocycles. The van der Waals surface area contributed by atoms with Gasteiger partial charge in [-0.1, -0.05) is 0 Å². The molecule has 0 saturated heterocycles. The number of benzene rings is 11. The molecule has 13 aromatic rings. The Balaban J connectivity index is 1.07. The molecule has 1 nitrogen and oxygen atoms in total. The predicted molar refractivity (Wildman–Crippen MR) is 259 cm³/mol. The molecule has 13 rings (SSSR count). The molecule has 0 aliphatic rings. The molecule has 0 aliphatic carbocycles. The zero-order valence-electron chi connectivity index (χ0n) is 32.6. The second-order valence-corrected chi connectivity index (χ2v) is 18.2. The molecule has 60 heavy (non-hydrogen) atoms. The molecule has 0 saturated carbocycles. The molecule has 2 heteroatoms. The summed E-state index contributed by atoms with van der Waals surface area (Å²) in [5, 5.41) is 15.5. The van der Waals surface area contributed by atoms with E-state index < -0.39 is 0 Å². The third kappa shape index (κ3) is 4.81. The molecule has 0 atom stereocenters. The third-order valence-electron chi connectivity index (χ3n) is 12.8. The van der Waals surface area contributed by atoms with Crippen molar-refractivity contribution < 1.29 is 0 Å². The Morgan fingerprint density at radius 2 is 0.733 bits per heavy atom. The van der Waals surface area contributed by atoms with Crippen LogP contribution < -0.4 is 0 Å². The molecule has 0 radical (unpaired) electrons. The maximum atomic E-state index is 2.52. The summed E-state index contributed by atoms with van der Waals surface area (Å²) in [5.74, 6) is 0. The minimum atomic E-state index is 0.154. The van der Waals surface area contributed by atoms with E-state index in [1.807, 2.05) is 0 Å². The van der Waals surface area contributed by atoms with E-state index in [4.69, 9.17) is 0 Å². The van der Waals surface area contributed by atoms with Crippen LogP contribution in [0.4, 0.5) is 0 Å². The van der Waals surface area contributed by atoms with E-state index in [9.17, 15) is 0 Å². The summed E-state index contributed by atoms with van der Waals surface area (Å²) in [6.07, 6.45) is 0. The number of nitrogens with zero attached hydrogens (tertiary/aromatic N) is 1. The Morgan fingerprint density at radius 1 is 0.283 bits per heavy atom. The summed E-state index contributed by atoms with van der Waals surface area (Å²) in [4.78, 5) is 0. The van der Waals surface area contributed by atoms with Crippen molar-refractivity contribution in [3.8, 4) is 39.1 Å². The zero-order valence-corrected chi connectivity index (χ0v) is 34.3. The van der Waals surface area contributed by atoms with Gasteiger partial charge in [0, 0.05) is 0 Å². The molecule has 0 fully saturated rings. The van der Waals surface area contributed by atoms with Gasteiger partial charge in [-0.25, -0.2) is 0 Å². The monoisotopic (exact) mass is 825 g/mol. The van der Waals surface area contributed by atoms with Gasteiger partial charge in [0.25, 0.3) is 0 Å². The first-order valence-corrected chi connectivity index (χ1v) is 22.4. The Hall–Kier alpha value is -7.22. The molecule has 278 valence electrons. The summed E-state index contributed by atoms with van der Waals surface area (Å²) in [6, 6.07) is 79.1. The van der Waals surface area contributed by atoms with E-state index in [1.165, 1.54) is 123 Å². The first-order valence-electron chi connectivity index (χ1n) is 20.7. The van der Waals surface area contributed by atoms with Crippen molar-refractivity contribution in [1.29, 1.82) is 0 Å². The van der Waals surface area contributed by atoms with Crippen LogP contribution in [0.25, 0.3) is 123 Å². The van der Waals surface area contributed by atoms with Crippen molar-refractivity contribution in [3.63, 3.8) is 0 Å². The third-order valence-corrected chi connectivity index (χ3v) is 15.1. The quantitative estimate of drug-likeness (QED) is 0.123. The number of rotatable bonds is 4. The van der Waals surface area contributed by atoms with Crippen LogP contribution in [0.2, 0.25) is 0 Å². The second-order valence-electron chi connectivity index (χ2n) is 15.9. The van der Waals surface area contributed by atoms with Gasteiger partial charge in [-0.3, -0.25) is 0 Å². The van der Waals surface area contributed by atoms with E-state index in [0.717, 1.165) is 0 Å². The Bertz CT molecular complexity index is 3720. The van der Waals surface area contributed by atoms with Gasteiger partial charge < -0.3 is 0 Å². The fourth-order valence-electron chi connectivity index (χ4n) is 10.3. The van der Waals surface area contributed by atoms with E-state index in [2.05, 4.69) is 217 Å². The number of aromatic nitrogens is 1. The van der Waals surface area contributed by atoms with Gasteiger partial charge in [0.15, 0.2) is 0 Å². The molecule has 0 spiro atoms. The molecule has 0 bridgehead atoms. The average Bonchev–Trinajstić information content (AvgIpc) is 3.86. The van der Waals surface area contributed by atoms with Crippen molar-refractivity contribution >= 4 is 98.7 Å². The van der Waals surface area contributed by atoms with Gasteiger partial charge >= 0.3 is 355 Å². The fraction of sp³-hybridized carbons (Fsp3) is 0. The van der Waals surface area contributed by atoms with E-state index in [-0.39, 0.29) is 14.5 Å². The standard InChI is InChI=1S/C58H35NSe/c1-2-17-36(18-3-1)54-40-21-4-6-23-42(40)56(43-24-7-5-22-41(43)54)49-29-16-32-52-57(49)48-34-33-37(35-53(48)60-52)55-44-25-8-10-27-46(44)58(47-28-11-9-26-45(47)55)59-50-30-14-12-19-38(50)39-20-13-15-31-51(39)59/h1-35H. The van der Waals surface area contributed by atoms with Crippen LogP contribution in [0.15, 0.2) is 212 Å². The summed E-state index contributed by atoms with van der Waals surface area (Å²) >= 11 is 0.154. The van der Waals surface area contributed by atoms with Crippen molar-refractivity contribution in [2.24, 2.45) is 0 Å². The topological polar surface area (TPSA) is 4.93 Å². The molecule has 0 aliphatic heterocycles. The van der Waals surface area contributed by atoms with Crippen LogP contribution in [0.5, 0.6) is 0 Å². The van der Waals surface area contributed by atoms with Crippen LogP contribution in [0.3, 0.4) is 0 Å². The van der Waals surface area contributed by atoms with Crippen molar-refractivity contribution in [1.82, 2.24) is 4.57 Å². The van der Waals surface area contributed by atoms with Crippen LogP contribution in [-0.4, -0.2) is 19.1 Å². The zero-order chi connectivity index (χ0) is 39.3. The van der Waals surface area contributed by atoms with Gasteiger partial charge in [0.05, 0.1) is 0 Å². The summed E-state index contributed by atoms with van der Waals surface area (Å²) in [7, 11) is 0. The second kappa shape index (κ2) is 13.1. The summed E-state index contributed by atoms with van der Waals surface area (Å²) < 4.78 is 5.39.